The third-order valence-electron chi connectivity index (χ3n) is 10.8. The molecule has 0 aliphatic carbocycles. The molecule has 4 heterocycles. The van der Waals surface area contributed by atoms with Crippen LogP contribution in [0, 0.1) is 0 Å². The zero-order valence-corrected chi connectivity index (χ0v) is 44.7. The van der Waals surface area contributed by atoms with Gasteiger partial charge in [-0.2, -0.15) is 0 Å². The predicted octanol–water partition coefficient (Wildman–Crippen LogP) is 11.1. The van der Waals surface area contributed by atoms with Gasteiger partial charge in [-0.15, -0.1) is 0 Å². The quantitative estimate of drug-likeness (QED) is 0.141. The van der Waals surface area contributed by atoms with E-state index in [1.165, 1.54) is 31.8 Å². The molecule has 9 heteroatoms. The Labute approximate surface area is 424 Å². The summed E-state index contributed by atoms with van der Waals surface area (Å²) in [6.07, 6.45) is 3.53. The Bertz CT molecular complexity index is 2550. The van der Waals surface area contributed by atoms with Gasteiger partial charge in [-0.25, -0.2) is 0 Å². The minimum Gasteiger partial charge on any atom is -0.573 e. The van der Waals surface area contributed by atoms with Crippen molar-refractivity contribution in [3.63, 3.8) is 0 Å². The van der Waals surface area contributed by atoms with Crippen molar-refractivity contribution >= 4 is 47.7 Å². The Morgan fingerprint density at radius 3 is 0.739 bits per heavy atom. The van der Waals surface area contributed by atoms with E-state index in [-0.39, 0.29) is 30.6 Å². The van der Waals surface area contributed by atoms with Crippen LogP contribution in [0.2, 0.25) is 0 Å². The molecule has 6 nitrogen and oxygen atoms in total. The van der Waals surface area contributed by atoms with Gasteiger partial charge in [0.05, 0.1) is 15.8 Å². The first-order valence-electron chi connectivity index (χ1n) is 23.0. The minimum atomic E-state index is -0.877. The number of hydrogen-bond acceptors (Lipinski definition) is 4. The molecule has 4 aromatic heterocycles. The van der Waals surface area contributed by atoms with E-state index in [1.54, 1.807) is 12.4 Å². The first-order chi connectivity index (χ1) is 33.0. The molecule has 0 radical (unpaired) electrons. The van der Waals surface area contributed by atoms with Gasteiger partial charge in [0.2, 0.25) is 0 Å². The van der Waals surface area contributed by atoms with Crippen molar-refractivity contribution in [1.29, 1.82) is 0 Å². The Balaban J connectivity index is 0.000000151. The fourth-order valence-corrected chi connectivity index (χ4v) is 12.4. The normalized spacial score (nSPS) is 10.9. The smallest absolute Gasteiger partial charge is 0.573 e. The summed E-state index contributed by atoms with van der Waals surface area (Å²) in [5.41, 5.74) is 5.54. The second-order valence-corrected chi connectivity index (χ2v) is 23.1. The summed E-state index contributed by atoms with van der Waals surface area (Å²) < 4.78 is 0. The van der Waals surface area contributed by atoms with Crippen molar-refractivity contribution in [3.8, 4) is 22.8 Å². The van der Waals surface area contributed by atoms with Crippen LogP contribution >= 0.6 is 15.8 Å². The maximum absolute atomic E-state index is 4.24. The molecule has 0 amide bonds. The van der Waals surface area contributed by atoms with E-state index >= 15 is 0 Å². The topological polar surface area (TPSA) is 79.8 Å². The number of rotatable bonds is 8. The van der Waals surface area contributed by atoms with Crippen molar-refractivity contribution in [3.05, 3.63) is 254 Å². The number of hydrogen-bond donors (Lipinski definition) is 0. The van der Waals surface area contributed by atoms with Gasteiger partial charge in [-0.05, 0) is 97.1 Å². The average Bonchev–Trinajstić information content (AvgIpc) is 4.11. The third-order valence-corrected chi connectivity index (χ3v) is 16.3. The van der Waals surface area contributed by atoms with E-state index in [4.69, 9.17) is 0 Å². The first kappa shape index (κ1) is 51.9. The van der Waals surface area contributed by atoms with E-state index in [2.05, 4.69) is 254 Å². The third kappa shape index (κ3) is 15.3. The van der Waals surface area contributed by atoms with Gasteiger partial charge < -0.3 is 20.4 Å². The molecule has 69 heavy (non-hydrogen) atoms. The summed E-state index contributed by atoms with van der Waals surface area (Å²) in [5.74, 6) is 0. The molecule has 0 saturated heterocycles. The molecule has 10 aromatic rings. The molecule has 10 rings (SSSR count). The fourth-order valence-electron chi connectivity index (χ4n) is 7.23. The van der Waals surface area contributed by atoms with Crippen molar-refractivity contribution in [2.24, 2.45) is 0 Å². The minimum absolute atomic E-state index is 0. The zero-order valence-electron chi connectivity index (χ0n) is 40.1. The molecule has 0 aliphatic rings. The van der Waals surface area contributed by atoms with Crippen molar-refractivity contribution in [2.75, 3.05) is 0 Å². The number of pyridine rings is 2. The molecule has 6 aromatic carbocycles. The summed E-state index contributed by atoms with van der Waals surface area (Å²) >= 11 is 0. The van der Waals surface area contributed by atoms with Crippen LogP contribution in [0.1, 0.15) is 52.9 Å². The first-order valence-corrected chi connectivity index (χ1v) is 26.0. The van der Waals surface area contributed by atoms with Gasteiger partial charge in [0.1, 0.15) is 31.8 Å². The average molecular weight is 1120 g/mol. The predicted molar refractivity (Wildman–Crippen MR) is 292 cm³/mol. The molecule has 0 saturated carbocycles. The van der Waals surface area contributed by atoms with Gasteiger partial charge in [-0.3, -0.25) is 9.97 Å². The summed E-state index contributed by atoms with van der Waals surface area (Å²) in [6.45, 7) is 12.7. The van der Waals surface area contributed by atoms with Crippen LogP contribution in [0.4, 0.5) is 0 Å². The Hall–Kier alpha value is -6.46. The van der Waals surface area contributed by atoms with Crippen LogP contribution in [0.5, 0.6) is 0 Å². The molecular formula is C60H60N6OsP2+2. The molecule has 0 spiro atoms. The second kappa shape index (κ2) is 25.8. The van der Waals surface area contributed by atoms with Crippen LogP contribution in [-0.4, -0.2) is 20.2 Å². The monoisotopic (exact) mass is 1120 g/mol. The number of nitrogens with zero attached hydrogens (tertiary/aromatic N) is 6. The van der Waals surface area contributed by atoms with Crippen molar-refractivity contribution < 1.29 is 19.8 Å². The maximum Gasteiger partial charge on any atom is 2.00 e. The van der Waals surface area contributed by atoms with Crippen LogP contribution in [0.25, 0.3) is 22.8 Å². The van der Waals surface area contributed by atoms with Gasteiger partial charge >= 0.3 is 19.8 Å². The fraction of sp³-hybridized carbons (Fsp3) is 0.133. The van der Waals surface area contributed by atoms with Gasteiger partial charge in [0.25, 0.3) is 0 Å². The molecule has 346 valence electrons. The Morgan fingerprint density at radius 2 is 0.551 bits per heavy atom. The second-order valence-electron chi connectivity index (χ2n) is 18.1. The maximum atomic E-state index is 4.24. The molecular weight excluding hydrogens is 1060 g/mol. The molecule has 0 fully saturated rings. The molecule has 0 N–H and O–H groups in total. The van der Waals surface area contributed by atoms with Crippen molar-refractivity contribution in [1.82, 2.24) is 30.4 Å². The SMILES string of the molecule is CC(C)(C)c1cc(-c2ccccn2)[n-]n1.CC(C)(C)c1cc(-c2ccccn2)[n-]n1.[Os+2].c1ccc([PH+](c2ccccc2)c2ccccc2)cc1.c1ccc([PH+](c2ccccc2)c2ccccc2)cc1. The standard InChI is InChI=1S/2C18H15P.2C12H14N3.Os/c2*1-4-10-16(11-5-1)19(17-12-6-2-7-13-17)18-14-8-3-9-15-18;2*1-12(2,3)11-8-10(14-15-11)9-6-4-5-7-13-9;/h2*1-15H;2*4-8H,1-3H3;/q;;2*-1;+2/p+2. The van der Waals surface area contributed by atoms with E-state index in [9.17, 15) is 0 Å². The number of benzene rings is 6. The Kier molecular flexibility index (Phi) is 19.4. The summed E-state index contributed by atoms with van der Waals surface area (Å²) in [5, 5.41) is 25.2. The van der Waals surface area contributed by atoms with E-state index in [0.29, 0.717) is 0 Å². The molecule has 0 bridgehead atoms. The molecule has 0 atom stereocenters. The van der Waals surface area contributed by atoms with Crippen molar-refractivity contribution in [2.45, 2.75) is 52.4 Å². The van der Waals surface area contributed by atoms with Gasteiger partial charge in [0, 0.05) is 46.0 Å². The molecule has 0 unspecified atom stereocenters. The summed E-state index contributed by atoms with van der Waals surface area (Å²) in [6, 6.07) is 80.6. The van der Waals surface area contributed by atoms with Gasteiger partial charge in [-0.1, -0.05) is 186 Å². The van der Waals surface area contributed by atoms with E-state index in [1.807, 2.05) is 48.5 Å². The summed E-state index contributed by atoms with van der Waals surface area (Å²) in [4.78, 5) is 8.48. The summed E-state index contributed by atoms with van der Waals surface area (Å²) in [7, 11) is -1.75. The largest absolute Gasteiger partial charge is 2.00 e. The van der Waals surface area contributed by atoms with Crippen LogP contribution < -0.4 is 42.0 Å². The number of aromatic nitrogens is 6. The van der Waals surface area contributed by atoms with E-state index in [0.717, 1.165) is 34.2 Å². The van der Waals surface area contributed by atoms with Crippen LogP contribution in [-0.2, 0) is 30.6 Å². The zero-order chi connectivity index (χ0) is 47.6. The Morgan fingerprint density at radius 1 is 0.319 bits per heavy atom. The molecule has 0 aliphatic heterocycles. The van der Waals surface area contributed by atoms with Crippen LogP contribution in [0.15, 0.2) is 243 Å². The van der Waals surface area contributed by atoms with Gasteiger partial charge in [0.15, 0.2) is 0 Å². The van der Waals surface area contributed by atoms with E-state index < -0.39 is 15.8 Å². The van der Waals surface area contributed by atoms with Crippen LogP contribution in [0.3, 0.4) is 0 Å².